The van der Waals surface area contributed by atoms with Crippen molar-refractivity contribution in [2.45, 2.75) is 6.17 Å². The predicted molar refractivity (Wildman–Crippen MR) is 69.9 cm³/mol. The summed E-state index contributed by atoms with van der Waals surface area (Å²) in [4.78, 5) is 11.0. The summed E-state index contributed by atoms with van der Waals surface area (Å²) in [5, 5.41) is 0.553. The summed E-state index contributed by atoms with van der Waals surface area (Å²) >= 11 is 5.90. The van der Waals surface area contributed by atoms with Crippen molar-refractivity contribution in [1.29, 1.82) is 0 Å². The number of hydrogen-bond donors (Lipinski definition) is 1. The van der Waals surface area contributed by atoms with Crippen molar-refractivity contribution in [1.82, 2.24) is 0 Å². The van der Waals surface area contributed by atoms with Crippen LogP contribution in [0.2, 0.25) is 5.02 Å². The third-order valence-corrected chi connectivity index (χ3v) is 2.85. The summed E-state index contributed by atoms with van der Waals surface area (Å²) in [7, 11) is 0. The fourth-order valence-corrected chi connectivity index (χ4v) is 1.98. The molecule has 2 nitrogen and oxygen atoms in total. The second kappa shape index (κ2) is 5.19. The van der Waals surface area contributed by atoms with Crippen LogP contribution in [0.3, 0.4) is 0 Å². The minimum Gasteiger partial charge on any atom is -0.367 e. The summed E-state index contributed by atoms with van der Waals surface area (Å²) in [6, 6.07) is 13.7. The lowest BCUT2D eigenvalue weighted by Gasteiger charge is -2.11. The van der Waals surface area contributed by atoms with E-state index in [1.54, 1.807) is 48.5 Å². The predicted octanol–water partition coefficient (Wildman–Crippen LogP) is 3.50. The largest absolute Gasteiger partial charge is 0.367 e. The molecule has 0 aliphatic carbocycles. The molecule has 1 amide bonds. The number of rotatable bonds is 3. The molecule has 18 heavy (non-hydrogen) atoms. The Hall–Kier alpha value is -1.87. The summed E-state index contributed by atoms with van der Waals surface area (Å²) in [5.74, 6) is -0.996. The Bertz CT molecular complexity index is 586. The van der Waals surface area contributed by atoms with Crippen molar-refractivity contribution < 1.29 is 9.18 Å². The second-order valence-electron chi connectivity index (χ2n) is 3.86. The normalized spacial score (nSPS) is 12.1. The van der Waals surface area contributed by atoms with Gasteiger partial charge in [-0.25, -0.2) is 4.39 Å². The number of nitrogens with two attached hydrogens (primary N) is 1. The van der Waals surface area contributed by atoms with Crippen LogP contribution in [0.1, 0.15) is 11.7 Å². The Morgan fingerprint density at radius 1 is 1.17 bits per heavy atom. The van der Waals surface area contributed by atoms with Crippen LogP contribution in [0.25, 0.3) is 11.1 Å². The molecule has 2 N–H and O–H groups in total. The van der Waals surface area contributed by atoms with Gasteiger partial charge in [-0.1, -0.05) is 48.0 Å². The fraction of sp³-hybridized carbons (Fsp3) is 0.0714. The number of amides is 1. The number of carbonyl (C=O) groups excluding carboxylic acids is 1. The molecule has 0 heterocycles. The Balaban J connectivity index is 2.55. The maximum absolute atomic E-state index is 13.8. The van der Waals surface area contributed by atoms with Gasteiger partial charge in [0.05, 0.1) is 0 Å². The number of alkyl halides is 1. The zero-order valence-corrected chi connectivity index (χ0v) is 10.2. The average molecular weight is 264 g/mol. The maximum atomic E-state index is 13.8. The van der Waals surface area contributed by atoms with E-state index in [0.717, 1.165) is 5.56 Å². The molecule has 2 aromatic carbocycles. The molecule has 0 spiro atoms. The molecule has 2 rings (SSSR count). The molecule has 0 saturated carbocycles. The summed E-state index contributed by atoms with van der Waals surface area (Å²) in [6.07, 6.45) is -1.82. The van der Waals surface area contributed by atoms with Gasteiger partial charge in [0.25, 0.3) is 5.91 Å². The molecule has 92 valence electrons. The average Bonchev–Trinajstić information content (AvgIpc) is 2.38. The Morgan fingerprint density at radius 3 is 2.56 bits per heavy atom. The Morgan fingerprint density at radius 2 is 1.89 bits per heavy atom. The molecule has 0 aromatic heterocycles. The van der Waals surface area contributed by atoms with Crippen molar-refractivity contribution in [3.05, 3.63) is 59.1 Å². The van der Waals surface area contributed by atoms with Crippen LogP contribution in [-0.2, 0) is 4.79 Å². The van der Waals surface area contributed by atoms with Gasteiger partial charge in [-0.15, -0.1) is 0 Å². The summed E-state index contributed by atoms with van der Waals surface area (Å²) in [6.45, 7) is 0. The monoisotopic (exact) mass is 263 g/mol. The molecule has 2 aromatic rings. The van der Waals surface area contributed by atoms with Crippen molar-refractivity contribution >= 4 is 17.5 Å². The first-order valence-electron chi connectivity index (χ1n) is 5.38. The van der Waals surface area contributed by atoms with Crippen molar-refractivity contribution in [3.63, 3.8) is 0 Å². The van der Waals surface area contributed by atoms with E-state index in [2.05, 4.69) is 0 Å². The number of carbonyl (C=O) groups is 1. The molecular formula is C14H11ClFNO. The number of hydrogen-bond acceptors (Lipinski definition) is 1. The van der Waals surface area contributed by atoms with Crippen molar-refractivity contribution in [2.24, 2.45) is 5.73 Å². The van der Waals surface area contributed by atoms with Gasteiger partial charge in [0.1, 0.15) is 0 Å². The van der Waals surface area contributed by atoms with Crippen LogP contribution in [0.5, 0.6) is 0 Å². The van der Waals surface area contributed by atoms with Crippen molar-refractivity contribution in [2.75, 3.05) is 0 Å². The first-order valence-corrected chi connectivity index (χ1v) is 5.75. The molecule has 4 heteroatoms. The zero-order valence-electron chi connectivity index (χ0n) is 9.44. The van der Waals surface area contributed by atoms with Gasteiger partial charge in [-0.3, -0.25) is 4.79 Å². The van der Waals surface area contributed by atoms with E-state index >= 15 is 0 Å². The highest BCUT2D eigenvalue weighted by atomic mass is 35.5. The van der Waals surface area contributed by atoms with E-state index < -0.39 is 12.1 Å². The first-order chi connectivity index (χ1) is 8.59. The minimum atomic E-state index is -1.82. The highest BCUT2D eigenvalue weighted by molar-refractivity contribution is 6.30. The van der Waals surface area contributed by atoms with Crippen LogP contribution >= 0.6 is 11.6 Å². The lowest BCUT2D eigenvalue weighted by Crippen LogP contribution is -2.18. The van der Waals surface area contributed by atoms with Crippen LogP contribution in [0, 0.1) is 0 Å². The smallest absolute Gasteiger partial charge is 0.256 e. The highest BCUT2D eigenvalue weighted by Crippen LogP contribution is 2.31. The Labute approximate surface area is 109 Å². The third-order valence-electron chi connectivity index (χ3n) is 2.62. The van der Waals surface area contributed by atoms with Gasteiger partial charge in [-0.2, -0.15) is 0 Å². The van der Waals surface area contributed by atoms with Gasteiger partial charge in [0, 0.05) is 10.6 Å². The van der Waals surface area contributed by atoms with E-state index in [1.165, 1.54) is 0 Å². The van der Waals surface area contributed by atoms with Gasteiger partial charge >= 0.3 is 0 Å². The molecule has 1 unspecified atom stereocenters. The molecule has 0 aliphatic heterocycles. The summed E-state index contributed by atoms with van der Waals surface area (Å²) in [5.41, 5.74) is 6.63. The molecule has 0 radical (unpaired) electrons. The molecule has 1 atom stereocenters. The van der Waals surface area contributed by atoms with Gasteiger partial charge in [0.15, 0.2) is 0 Å². The topological polar surface area (TPSA) is 43.1 Å². The molecule has 0 fully saturated rings. The third kappa shape index (κ3) is 2.51. The van der Waals surface area contributed by atoms with Crippen molar-refractivity contribution in [3.8, 4) is 11.1 Å². The standard InChI is InChI=1S/C14H11ClFNO/c15-10-5-3-4-9(8-10)11-6-1-2-7-12(11)13(16)14(17)18/h1-8,13H,(H2,17,18). The molecule has 0 aliphatic rings. The highest BCUT2D eigenvalue weighted by Gasteiger charge is 2.20. The van der Waals surface area contributed by atoms with E-state index in [-0.39, 0.29) is 5.56 Å². The SMILES string of the molecule is NC(=O)C(F)c1ccccc1-c1cccc(Cl)c1. The molecule has 0 saturated heterocycles. The lowest BCUT2D eigenvalue weighted by atomic mass is 9.96. The fourth-order valence-electron chi connectivity index (χ4n) is 1.79. The second-order valence-corrected chi connectivity index (χ2v) is 4.30. The summed E-state index contributed by atoms with van der Waals surface area (Å²) < 4.78 is 13.8. The lowest BCUT2D eigenvalue weighted by molar-refractivity contribution is -0.122. The molecule has 0 bridgehead atoms. The van der Waals surface area contributed by atoms with E-state index in [1.807, 2.05) is 0 Å². The first kappa shape index (κ1) is 12.6. The maximum Gasteiger partial charge on any atom is 0.256 e. The van der Waals surface area contributed by atoms with Crippen LogP contribution in [-0.4, -0.2) is 5.91 Å². The van der Waals surface area contributed by atoms with Crippen LogP contribution in [0.4, 0.5) is 4.39 Å². The van der Waals surface area contributed by atoms with E-state index in [0.29, 0.717) is 10.6 Å². The Kier molecular flexibility index (Phi) is 3.63. The van der Waals surface area contributed by atoms with E-state index in [9.17, 15) is 9.18 Å². The minimum absolute atomic E-state index is 0.257. The van der Waals surface area contributed by atoms with Gasteiger partial charge < -0.3 is 5.73 Å². The number of halogens is 2. The van der Waals surface area contributed by atoms with E-state index in [4.69, 9.17) is 17.3 Å². The number of benzene rings is 2. The van der Waals surface area contributed by atoms with Crippen LogP contribution < -0.4 is 5.73 Å². The van der Waals surface area contributed by atoms with Gasteiger partial charge in [0.2, 0.25) is 6.17 Å². The quantitative estimate of drug-likeness (QED) is 0.905. The zero-order chi connectivity index (χ0) is 13.1. The van der Waals surface area contributed by atoms with Crippen LogP contribution in [0.15, 0.2) is 48.5 Å². The molecular weight excluding hydrogens is 253 g/mol. The number of primary amides is 1. The van der Waals surface area contributed by atoms with Gasteiger partial charge in [-0.05, 0) is 23.3 Å².